The first-order valence-electron chi connectivity index (χ1n) is 8.23. The summed E-state index contributed by atoms with van der Waals surface area (Å²) in [6.45, 7) is 3.96. The number of carbonyl (C=O) groups is 3. The molecule has 1 amide bonds. The number of esters is 1. The number of carboxylic acid groups (broad SMARTS) is 1. The predicted molar refractivity (Wildman–Crippen MR) is 93.5 cm³/mol. The van der Waals surface area contributed by atoms with Crippen LogP contribution in [0.1, 0.15) is 37.0 Å². The summed E-state index contributed by atoms with van der Waals surface area (Å²) in [4.78, 5) is 36.5. The number of nitrogens with one attached hydrogen (secondary N) is 1. The number of carboxylic acids is 1. The number of allylic oxidation sites excluding steroid dienone is 2. The van der Waals surface area contributed by atoms with E-state index in [1.165, 1.54) is 18.4 Å². The zero-order valence-electron chi connectivity index (χ0n) is 14.4. The number of hydrogen-bond donors (Lipinski definition) is 2. The number of anilines is 1. The van der Waals surface area contributed by atoms with E-state index in [2.05, 4.69) is 5.32 Å². The summed E-state index contributed by atoms with van der Waals surface area (Å²) >= 11 is 1.22. The van der Waals surface area contributed by atoms with Gasteiger partial charge in [0.05, 0.1) is 24.5 Å². The molecule has 2 bridgehead atoms. The van der Waals surface area contributed by atoms with Crippen molar-refractivity contribution in [3.63, 3.8) is 0 Å². The molecule has 7 heteroatoms. The van der Waals surface area contributed by atoms with Crippen LogP contribution in [-0.4, -0.2) is 30.1 Å². The Hall–Kier alpha value is -2.15. The fourth-order valence-corrected chi connectivity index (χ4v) is 5.25. The summed E-state index contributed by atoms with van der Waals surface area (Å²) in [6.07, 6.45) is 1.65. The molecule has 6 nitrogen and oxygen atoms in total. The van der Waals surface area contributed by atoms with Crippen molar-refractivity contribution in [3.8, 4) is 0 Å². The highest BCUT2D eigenvalue weighted by atomic mass is 32.1. The average molecular weight is 363 g/mol. The van der Waals surface area contributed by atoms with Crippen molar-refractivity contribution in [2.75, 3.05) is 12.4 Å². The monoisotopic (exact) mass is 363 g/mol. The van der Waals surface area contributed by atoms with Gasteiger partial charge in [0.2, 0.25) is 5.91 Å². The van der Waals surface area contributed by atoms with E-state index in [-0.39, 0.29) is 17.7 Å². The Bertz CT molecular complexity index is 761. The second kappa shape index (κ2) is 6.63. The minimum Gasteiger partial charge on any atom is -0.481 e. The van der Waals surface area contributed by atoms with E-state index in [0.717, 1.165) is 24.0 Å². The molecule has 2 aliphatic rings. The molecule has 134 valence electrons. The fourth-order valence-electron chi connectivity index (χ4n) is 4.48. The average Bonchev–Trinajstić information content (AvgIpc) is 3.26. The summed E-state index contributed by atoms with van der Waals surface area (Å²) in [6, 6.07) is 1.59. The van der Waals surface area contributed by atoms with E-state index in [0.29, 0.717) is 10.6 Å². The number of hydrogen-bond acceptors (Lipinski definition) is 5. The lowest BCUT2D eigenvalue weighted by molar-refractivity contribution is -0.148. The Balaban J connectivity index is 1.89. The highest BCUT2D eigenvalue weighted by molar-refractivity contribution is 7.14. The van der Waals surface area contributed by atoms with E-state index in [4.69, 9.17) is 4.74 Å². The molecule has 2 fully saturated rings. The summed E-state index contributed by atoms with van der Waals surface area (Å²) in [5.74, 6) is -3.18. The maximum atomic E-state index is 12.9. The van der Waals surface area contributed by atoms with Crippen LogP contribution < -0.4 is 5.32 Å². The predicted octanol–water partition coefficient (Wildman–Crippen LogP) is 3.17. The Morgan fingerprint density at radius 1 is 1.20 bits per heavy atom. The van der Waals surface area contributed by atoms with Gasteiger partial charge in [0.25, 0.3) is 0 Å². The first-order chi connectivity index (χ1) is 11.9. The van der Waals surface area contributed by atoms with E-state index >= 15 is 0 Å². The minimum atomic E-state index is -0.925. The summed E-state index contributed by atoms with van der Waals surface area (Å²) in [5.41, 5.74) is 2.53. The zero-order chi connectivity index (χ0) is 18.3. The van der Waals surface area contributed by atoms with E-state index in [9.17, 15) is 19.5 Å². The van der Waals surface area contributed by atoms with Crippen LogP contribution in [0, 0.1) is 23.7 Å². The third kappa shape index (κ3) is 2.86. The number of aliphatic carboxylic acids is 1. The maximum absolute atomic E-state index is 12.9. The van der Waals surface area contributed by atoms with Gasteiger partial charge in [-0.25, -0.2) is 4.79 Å². The number of rotatable bonds is 4. The largest absolute Gasteiger partial charge is 0.481 e. The quantitative estimate of drug-likeness (QED) is 0.633. The van der Waals surface area contributed by atoms with Crippen LogP contribution in [-0.2, 0) is 14.3 Å². The molecule has 2 aliphatic carbocycles. The second-order valence-electron chi connectivity index (χ2n) is 6.78. The molecular weight excluding hydrogens is 342 g/mol. The molecule has 0 saturated heterocycles. The molecule has 2 saturated carbocycles. The van der Waals surface area contributed by atoms with Crippen molar-refractivity contribution >= 4 is 34.2 Å². The summed E-state index contributed by atoms with van der Waals surface area (Å²) in [7, 11) is 1.28. The van der Waals surface area contributed by atoms with Gasteiger partial charge in [-0.05, 0) is 50.0 Å². The lowest BCUT2D eigenvalue weighted by Gasteiger charge is -2.26. The molecule has 4 atom stereocenters. The first kappa shape index (κ1) is 17.7. The van der Waals surface area contributed by atoms with Gasteiger partial charge in [-0.1, -0.05) is 11.1 Å². The van der Waals surface area contributed by atoms with Crippen molar-refractivity contribution < 1.29 is 24.2 Å². The fraction of sp³-hybridized carbons (Fsp3) is 0.500. The molecule has 3 rings (SSSR count). The number of thiophene rings is 1. The van der Waals surface area contributed by atoms with Gasteiger partial charge < -0.3 is 15.2 Å². The van der Waals surface area contributed by atoms with Crippen LogP contribution in [0.25, 0.3) is 0 Å². The van der Waals surface area contributed by atoms with Crippen molar-refractivity contribution in [2.45, 2.75) is 26.7 Å². The molecule has 0 aromatic carbocycles. The standard InChI is InChI=1S/C18H21NO5S/c1-8(2)12-9-4-5-10(12)14(17(21)22)13(9)15(20)19-16-11(6-7-25-16)18(23)24-3/h6-7,9-10,13-14H,4-5H2,1-3H3,(H,19,20)(H,21,22)/t9-,10-,13+,14-/m0/s1. The Kier molecular flexibility index (Phi) is 4.69. The first-order valence-corrected chi connectivity index (χ1v) is 9.11. The van der Waals surface area contributed by atoms with Crippen molar-refractivity contribution in [1.29, 1.82) is 0 Å². The molecule has 25 heavy (non-hydrogen) atoms. The molecule has 1 heterocycles. The maximum Gasteiger partial charge on any atom is 0.340 e. The van der Waals surface area contributed by atoms with Crippen LogP contribution in [0.15, 0.2) is 22.6 Å². The van der Waals surface area contributed by atoms with Gasteiger partial charge in [-0.15, -0.1) is 11.3 Å². The van der Waals surface area contributed by atoms with Crippen LogP contribution >= 0.6 is 11.3 Å². The number of ether oxygens (including phenoxy) is 1. The highest BCUT2D eigenvalue weighted by Crippen LogP contribution is 2.57. The number of fused-ring (bicyclic) bond motifs is 2. The third-order valence-corrected chi connectivity index (χ3v) is 6.14. The zero-order valence-corrected chi connectivity index (χ0v) is 15.2. The van der Waals surface area contributed by atoms with E-state index in [1.54, 1.807) is 11.4 Å². The van der Waals surface area contributed by atoms with Gasteiger partial charge in [0, 0.05) is 0 Å². The van der Waals surface area contributed by atoms with Gasteiger partial charge in [0.15, 0.2) is 0 Å². The lowest BCUT2D eigenvalue weighted by Crippen LogP contribution is -2.37. The van der Waals surface area contributed by atoms with Gasteiger partial charge in [-0.3, -0.25) is 9.59 Å². The molecule has 0 unspecified atom stereocenters. The Morgan fingerprint density at radius 3 is 2.40 bits per heavy atom. The van der Waals surface area contributed by atoms with Crippen molar-refractivity contribution in [1.82, 2.24) is 0 Å². The highest BCUT2D eigenvalue weighted by Gasteiger charge is 2.57. The van der Waals surface area contributed by atoms with Crippen LogP contribution in [0.5, 0.6) is 0 Å². The van der Waals surface area contributed by atoms with E-state index < -0.39 is 23.8 Å². The Labute approximate surface area is 149 Å². The number of amides is 1. The normalized spacial score (nSPS) is 27.2. The summed E-state index contributed by atoms with van der Waals surface area (Å²) < 4.78 is 4.71. The van der Waals surface area contributed by atoms with Crippen molar-refractivity contribution in [3.05, 3.63) is 28.2 Å². The van der Waals surface area contributed by atoms with E-state index in [1.807, 2.05) is 13.8 Å². The van der Waals surface area contributed by atoms with Crippen molar-refractivity contribution in [2.24, 2.45) is 23.7 Å². The SMILES string of the molecule is COC(=O)c1ccsc1NC(=O)[C@H]1[C@@H](C(=O)O)[C@H]2CC[C@H]1C2=C(C)C. The smallest absolute Gasteiger partial charge is 0.340 e. The molecule has 1 aromatic rings. The van der Waals surface area contributed by atoms with Gasteiger partial charge in [0.1, 0.15) is 5.00 Å². The van der Waals surface area contributed by atoms with Crippen LogP contribution in [0.4, 0.5) is 5.00 Å². The van der Waals surface area contributed by atoms with Gasteiger partial charge >= 0.3 is 11.9 Å². The second-order valence-corrected chi connectivity index (χ2v) is 7.70. The molecule has 0 radical (unpaired) electrons. The molecular formula is C18H21NO5S. The molecule has 1 aromatic heterocycles. The lowest BCUT2D eigenvalue weighted by atomic mass is 9.79. The molecule has 0 aliphatic heterocycles. The third-order valence-electron chi connectivity index (χ3n) is 5.31. The number of carbonyl (C=O) groups excluding carboxylic acids is 2. The van der Waals surface area contributed by atoms with Crippen LogP contribution in [0.2, 0.25) is 0 Å². The van der Waals surface area contributed by atoms with Gasteiger partial charge in [-0.2, -0.15) is 0 Å². The number of methoxy groups -OCH3 is 1. The van der Waals surface area contributed by atoms with Crippen LogP contribution in [0.3, 0.4) is 0 Å². The topological polar surface area (TPSA) is 92.7 Å². The molecule has 0 spiro atoms. The molecule has 2 N–H and O–H groups in total. The minimum absolute atomic E-state index is 0.0300. The Morgan fingerprint density at radius 2 is 1.84 bits per heavy atom. The summed E-state index contributed by atoms with van der Waals surface area (Å²) in [5, 5.41) is 14.6.